The molecule has 0 aliphatic carbocycles. The third-order valence-electron chi connectivity index (χ3n) is 3.30. The fourth-order valence-corrected chi connectivity index (χ4v) is 2.38. The Labute approximate surface area is 113 Å². The molecule has 1 aromatic carbocycles. The van der Waals surface area contributed by atoms with Gasteiger partial charge >= 0.3 is 0 Å². The lowest BCUT2D eigenvalue weighted by molar-refractivity contribution is 0.122. The molecule has 1 aliphatic rings. The van der Waals surface area contributed by atoms with Crippen molar-refractivity contribution in [2.45, 2.75) is 6.42 Å². The maximum absolute atomic E-state index is 5.90. The van der Waals surface area contributed by atoms with Gasteiger partial charge in [-0.25, -0.2) is 5.90 Å². The lowest BCUT2D eigenvalue weighted by Crippen LogP contribution is -2.46. The first kappa shape index (κ1) is 13.6. The van der Waals surface area contributed by atoms with Gasteiger partial charge in [0.05, 0.1) is 6.61 Å². The lowest BCUT2D eigenvalue weighted by Gasteiger charge is -2.36. The molecule has 1 saturated heterocycles. The minimum Gasteiger partial charge on any atom is -0.369 e. The molecular weight excluding hydrogens is 250 g/mol. The zero-order chi connectivity index (χ0) is 12.8. The Balaban J connectivity index is 1.77. The molecule has 0 unspecified atom stereocenters. The van der Waals surface area contributed by atoms with Crippen molar-refractivity contribution >= 4 is 17.3 Å². The van der Waals surface area contributed by atoms with E-state index in [0.717, 1.165) is 44.2 Å². The van der Waals surface area contributed by atoms with Gasteiger partial charge in [-0.2, -0.15) is 0 Å². The number of hydrogen-bond donors (Lipinski definition) is 1. The molecule has 1 aliphatic heterocycles. The number of nitrogens with two attached hydrogens (primary N) is 1. The summed E-state index contributed by atoms with van der Waals surface area (Å²) in [4.78, 5) is 9.43. The third kappa shape index (κ3) is 3.85. The summed E-state index contributed by atoms with van der Waals surface area (Å²) in [6, 6.07) is 8.06. The zero-order valence-corrected chi connectivity index (χ0v) is 11.3. The second-order valence-corrected chi connectivity index (χ2v) is 4.97. The molecule has 5 heteroatoms. The molecule has 1 heterocycles. The van der Waals surface area contributed by atoms with Gasteiger partial charge in [-0.05, 0) is 30.7 Å². The summed E-state index contributed by atoms with van der Waals surface area (Å²) >= 11 is 5.90. The normalized spacial score (nSPS) is 17.1. The third-order valence-corrected chi connectivity index (χ3v) is 3.55. The van der Waals surface area contributed by atoms with Crippen LogP contribution in [0.4, 0.5) is 5.69 Å². The van der Waals surface area contributed by atoms with E-state index in [1.54, 1.807) is 0 Å². The monoisotopic (exact) mass is 269 g/mol. The molecule has 0 aromatic heterocycles. The highest BCUT2D eigenvalue weighted by Crippen LogP contribution is 2.19. The summed E-state index contributed by atoms with van der Waals surface area (Å²) in [6.07, 6.45) is 0.997. The maximum atomic E-state index is 5.90. The van der Waals surface area contributed by atoms with E-state index >= 15 is 0 Å². The molecule has 0 amide bonds. The molecule has 18 heavy (non-hydrogen) atoms. The van der Waals surface area contributed by atoms with Crippen LogP contribution < -0.4 is 10.8 Å². The van der Waals surface area contributed by atoms with Crippen molar-refractivity contribution in [3.05, 3.63) is 29.3 Å². The summed E-state index contributed by atoms with van der Waals surface area (Å²) in [7, 11) is 0. The summed E-state index contributed by atoms with van der Waals surface area (Å²) in [5, 5.41) is 0.791. The maximum Gasteiger partial charge on any atom is 0.0691 e. The second kappa shape index (κ2) is 6.95. The fourth-order valence-electron chi connectivity index (χ4n) is 2.25. The van der Waals surface area contributed by atoms with Crippen LogP contribution in [-0.2, 0) is 4.84 Å². The SMILES string of the molecule is NOCCCN1CCN(c2ccc(Cl)cc2)CC1. The van der Waals surface area contributed by atoms with E-state index in [2.05, 4.69) is 26.8 Å². The quantitative estimate of drug-likeness (QED) is 0.653. The first-order valence-corrected chi connectivity index (χ1v) is 6.72. The van der Waals surface area contributed by atoms with Gasteiger partial charge < -0.3 is 9.74 Å². The first-order valence-electron chi connectivity index (χ1n) is 6.34. The van der Waals surface area contributed by atoms with E-state index in [4.69, 9.17) is 17.5 Å². The van der Waals surface area contributed by atoms with Crippen LogP contribution in [-0.4, -0.2) is 44.2 Å². The Morgan fingerprint density at radius 3 is 2.39 bits per heavy atom. The van der Waals surface area contributed by atoms with Crippen LogP contribution in [0, 0.1) is 0 Å². The number of halogens is 1. The van der Waals surface area contributed by atoms with Gasteiger partial charge in [0.25, 0.3) is 0 Å². The molecule has 0 spiro atoms. The van der Waals surface area contributed by atoms with Crippen LogP contribution in [0.25, 0.3) is 0 Å². The summed E-state index contributed by atoms with van der Waals surface area (Å²) < 4.78 is 0. The molecule has 1 aromatic rings. The molecule has 0 radical (unpaired) electrons. The van der Waals surface area contributed by atoms with Crippen molar-refractivity contribution in [1.29, 1.82) is 0 Å². The standard InChI is InChI=1S/C13H20ClN3O/c14-12-2-4-13(5-3-12)17-9-7-16(8-10-17)6-1-11-18-15/h2-5H,1,6-11,15H2. The van der Waals surface area contributed by atoms with Gasteiger partial charge in [0.2, 0.25) is 0 Å². The Bertz CT molecular complexity index is 350. The zero-order valence-electron chi connectivity index (χ0n) is 10.5. The Morgan fingerprint density at radius 2 is 1.78 bits per heavy atom. The molecule has 0 bridgehead atoms. The molecule has 1 fully saturated rings. The Morgan fingerprint density at radius 1 is 1.11 bits per heavy atom. The molecule has 0 atom stereocenters. The van der Waals surface area contributed by atoms with Gasteiger partial charge in [0.1, 0.15) is 0 Å². The van der Waals surface area contributed by atoms with Gasteiger partial charge in [-0.15, -0.1) is 0 Å². The van der Waals surface area contributed by atoms with Crippen molar-refractivity contribution in [3.8, 4) is 0 Å². The van der Waals surface area contributed by atoms with Crippen LogP contribution in [0.1, 0.15) is 6.42 Å². The van der Waals surface area contributed by atoms with Crippen molar-refractivity contribution < 1.29 is 4.84 Å². The summed E-state index contributed by atoms with van der Waals surface area (Å²) in [5.74, 6) is 5.02. The average Bonchev–Trinajstić information content (AvgIpc) is 2.41. The van der Waals surface area contributed by atoms with Crippen LogP contribution in [0.2, 0.25) is 5.02 Å². The number of hydrogen-bond acceptors (Lipinski definition) is 4. The average molecular weight is 270 g/mol. The van der Waals surface area contributed by atoms with E-state index in [-0.39, 0.29) is 0 Å². The summed E-state index contributed by atoms with van der Waals surface area (Å²) in [6.45, 7) is 6.00. The van der Waals surface area contributed by atoms with Crippen LogP contribution >= 0.6 is 11.6 Å². The number of nitrogens with zero attached hydrogens (tertiary/aromatic N) is 2. The summed E-state index contributed by atoms with van der Waals surface area (Å²) in [5.41, 5.74) is 1.25. The molecule has 2 N–H and O–H groups in total. The van der Waals surface area contributed by atoms with Crippen LogP contribution in [0.15, 0.2) is 24.3 Å². The number of piperazine rings is 1. The highest BCUT2D eigenvalue weighted by Gasteiger charge is 2.16. The number of benzene rings is 1. The predicted molar refractivity (Wildman–Crippen MR) is 74.9 cm³/mol. The number of rotatable bonds is 5. The van der Waals surface area contributed by atoms with E-state index in [1.165, 1.54) is 5.69 Å². The van der Waals surface area contributed by atoms with Crippen molar-refractivity contribution in [3.63, 3.8) is 0 Å². The predicted octanol–water partition coefficient (Wildman–Crippen LogP) is 1.74. The van der Waals surface area contributed by atoms with E-state index < -0.39 is 0 Å². The molecule has 2 rings (SSSR count). The molecule has 100 valence electrons. The van der Waals surface area contributed by atoms with Gasteiger partial charge in [-0.3, -0.25) is 4.90 Å². The highest BCUT2D eigenvalue weighted by molar-refractivity contribution is 6.30. The van der Waals surface area contributed by atoms with Crippen LogP contribution in [0.5, 0.6) is 0 Å². The smallest absolute Gasteiger partial charge is 0.0691 e. The van der Waals surface area contributed by atoms with E-state index in [9.17, 15) is 0 Å². The van der Waals surface area contributed by atoms with Crippen molar-refractivity contribution in [2.24, 2.45) is 5.90 Å². The van der Waals surface area contributed by atoms with Crippen molar-refractivity contribution in [2.75, 3.05) is 44.2 Å². The molecule has 0 saturated carbocycles. The van der Waals surface area contributed by atoms with Gasteiger partial charge in [0.15, 0.2) is 0 Å². The fraction of sp³-hybridized carbons (Fsp3) is 0.538. The Kier molecular flexibility index (Phi) is 5.26. The molecular formula is C13H20ClN3O. The Hall–Kier alpha value is -0.810. The first-order chi connectivity index (χ1) is 8.79. The second-order valence-electron chi connectivity index (χ2n) is 4.53. The van der Waals surface area contributed by atoms with Gasteiger partial charge in [0, 0.05) is 43.4 Å². The van der Waals surface area contributed by atoms with Crippen molar-refractivity contribution in [1.82, 2.24) is 4.90 Å². The minimum absolute atomic E-state index is 0.636. The number of anilines is 1. The lowest BCUT2D eigenvalue weighted by atomic mass is 10.2. The topological polar surface area (TPSA) is 41.7 Å². The molecule has 4 nitrogen and oxygen atoms in total. The van der Waals surface area contributed by atoms with Crippen LogP contribution in [0.3, 0.4) is 0 Å². The minimum atomic E-state index is 0.636. The highest BCUT2D eigenvalue weighted by atomic mass is 35.5. The van der Waals surface area contributed by atoms with E-state index in [0.29, 0.717) is 6.61 Å². The largest absolute Gasteiger partial charge is 0.369 e. The van der Waals surface area contributed by atoms with Gasteiger partial charge in [-0.1, -0.05) is 11.6 Å². The van der Waals surface area contributed by atoms with E-state index in [1.807, 2.05) is 12.1 Å².